The molecule has 3 heterocycles. The van der Waals surface area contributed by atoms with Gasteiger partial charge < -0.3 is 9.30 Å². The highest BCUT2D eigenvalue weighted by Crippen LogP contribution is 2.21. The molecule has 0 spiro atoms. The van der Waals surface area contributed by atoms with Crippen molar-refractivity contribution in [2.75, 3.05) is 7.11 Å². The van der Waals surface area contributed by atoms with Crippen LogP contribution in [0.3, 0.4) is 0 Å². The van der Waals surface area contributed by atoms with Crippen LogP contribution in [0, 0.1) is 0 Å². The average Bonchev–Trinajstić information content (AvgIpc) is 3.21. The SMILES string of the molecule is COCc1cnnn1-c1ncn2c1c(=O)n(C(C)C)c1ccccc12. The van der Waals surface area contributed by atoms with Crippen LogP contribution in [0.1, 0.15) is 25.6 Å². The van der Waals surface area contributed by atoms with Crippen LogP contribution in [0.4, 0.5) is 0 Å². The number of imidazole rings is 1. The molecule has 0 atom stereocenters. The van der Waals surface area contributed by atoms with Gasteiger partial charge in [0, 0.05) is 13.2 Å². The number of nitrogens with zero attached hydrogens (tertiary/aromatic N) is 6. The van der Waals surface area contributed by atoms with Crippen molar-refractivity contribution in [3.8, 4) is 5.82 Å². The molecule has 3 aromatic heterocycles. The van der Waals surface area contributed by atoms with Crippen LogP contribution in [-0.4, -0.2) is 36.1 Å². The summed E-state index contributed by atoms with van der Waals surface area (Å²) >= 11 is 0. The first kappa shape index (κ1) is 15.5. The molecule has 4 rings (SSSR count). The topological polar surface area (TPSA) is 79.2 Å². The largest absolute Gasteiger partial charge is 0.378 e. The Labute approximate surface area is 143 Å². The number of hydrogen-bond acceptors (Lipinski definition) is 5. The van der Waals surface area contributed by atoms with E-state index < -0.39 is 0 Å². The van der Waals surface area contributed by atoms with Gasteiger partial charge in [0.2, 0.25) is 0 Å². The molecule has 0 saturated heterocycles. The molecule has 0 bridgehead atoms. The van der Waals surface area contributed by atoms with Crippen molar-refractivity contribution >= 4 is 16.6 Å². The molecule has 8 heteroatoms. The Morgan fingerprint density at radius 2 is 1.96 bits per heavy atom. The van der Waals surface area contributed by atoms with Gasteiger partial charge in [0.25, 0.3) is 5.56 Å². The number of hydrogen-bond donors (Lipinski definition) is 0. The summed E-state index contributed by atoms with van der Waals surface area (Å²) in [7, 11) is 1.60. The molecular weight excluding hydrogens is 320 g/mol. The first-order chi connectivity index (χ1) is 12.1. The van der Waals surface area contributed by atoms with E-state index in [1.807, 2.05) is 42.5 Å². The second-order valence-corrected chi connectivity index (χ2v) is 6.11. The molecule has 0 aliphatic rings. The minimum absolute atomic E-state index is 0.0133. The maximum atomic E-state index is 13.2. The molecule has 0 amide bonds. The summed E-state index contributed by atoms with van der Waals surface area (Å²) in [5.74, 6) is 0.453. The smallest absolute Gasteiger partial charge is 0.279 e. The molecule has 0 aliphatic carbocycles. The van der Waals surface area contributed by atoms with E-state index in [1.54, 1.807) is 28.9 Å². The lowest BCUT2D eigenvalue weighted by Gasteiger charge is -2.15. The molecule has 25 heavy (non-hydrogen) atoms. The Morgan fingerprint density at radius 1 is 1.20 bits per heavy atom. The van der Waals surface area contributed by atoms with Gasteiger partial charge >= 0.3 is 0 Å². The first-order valence-corrected chi connectivity index (χ1v) is 8.02. The van der Waals surface area contributed by atoms with Crippen molar-refractivity contribution in [3.05, 3.63) is 52.8 Å². The van der Waals surface area contributed by atoms with Gasteiger partial charge in [0.15, 0.2) is 11.3 Å². The molecule has 0 radical (unpaired) electrons. The molecule has 8 nitrogen and oxygen atoms in total. The number of methoxy groups -OCH3 is 1. The molecule has 0 aliphatic heterocycles. The second kappa shape index (κ2) is 5.82. The Kier molecular flexibility index (Phi) is 3.61. The highest BCUT2D eigenvalue weighted by atomic mass is 16.5. The minimum Gasteiger partial charge on any atom is -0.378 e. The van der Waals surface area contributed by atoms with Gasteiger partial charge in [-0.15, -0.1) is 5.10 Å². The van der Waals surface area contributed by atoms with E-state index in [-0.39, 0.29) is 11.6 Å². The summed E-state index contributed by atoms with van der Waals surface area (Å²) in [5, 5.41) is 8.01. The molecule has 0 unspecified atom stereocenters. The van der Waals surface area contributed by atoms with Crippen molar-refractivity contribution in [1.82, 2.24) is 28.9 Å². The molecule has 128 valence electrons. The maximum Gasteiger partial charge on any atom is 0.279 e. The van der Waals surface area contributed by atoms with Gasteiger partial charge in [-0.1, -0.05) is 17.3 Å². The van der Waals surface area contributed by atoms with E-state index in [1.165, 1.54) is 0 Å². The van der Waals surface area contributed by atoms with Crippen LogP contribution in [0.15, 0.2) is 41.6 Å². The summed E-state index contributed by atoms with van der Waals surface area (Å²) in [5.41, 5.74) is 2.87. The summed E-state index contributed by atoms with van der Waals surface area (Å²) in [6.07, 6.45) is 3.26. The lowest BCUT2D eigenvalue weighted by atomic mass is 10.2. The van der Waals surface area contributed by atoms with Crippen LogP contribution in [0.5, 0.6) is 0 Å². The van der Waals surface area contributed by atoms with E-state index in [4.69, 9.17) is 4.74 Å². The summed E-state index contributed by atoms with van der Waals surface area (Å²) in [4.78, 5) is 17.7. The van der Waals surface area contributed by atoms with Crippen molar-refractivity contribution in [3.63, 3.8) is 0 Å². The van der Waals surface area contributed by atoms with E-state index in [9.17, 15) is 4.79 Å². The summed E-state index contributed by atoms with van der Waals surface area (Å²) in [6.45, 7) is 4.32. The summed E-state index contributed by atoms with van der Waals surface area (Å²) < 4.78 is 10.3. The third-order valence-electron chi connectivity index (χ3n) is 4.20. The fourth-order valence-electron chi connectivity index (χ4n) is 3.16. The molecular formula is C17H18N6O2. The van der Waals surface area contributed by atoms with Crippen LogP contribution in [-0.2, 0) is 11.3 Å². The lowest BCUT2D eigenvalue weighted by Crippen LogP contribution is -2.25. The third-order valence-corrected chi connectivity index (χ3v) is 4.20. The zero-order valence-corrected chi connectivity index (χ0v) is 14.2. The highest BCUT2D eigenvalue weighted by Gasteiger charge is 2.20. The van der Waals surface area contributed by atoms with E-state index in [2.05, 4.69) is 15.3 Å². The Bertz CT molecular complexity index is 1120. The fourth-order valence-corrected chi connectivity index (χ4v) is 3.16. The van der Waals surface area contributed by atoms with Gasteiger partial charge in [0.05, 0.1) is 29.5 Å². The number of fused-ring (bicyclic) bond motifs is 3. The second-order valence-electron chi connectivity index (χ2n) is 6.11. The normalized spacial score (nSPS) is 11.8. The molecule has 0 N–H and O–H groups in total. The Balaban J connectivity index is 2.13. The number of aromatic nitrogens is 6. The molecule has 1 aromatic carbocycles. The van der Waals surface area contributed by atoms with Crippen molar-refractivity contribution in [1.29, 1.82) is 0 Å². The Hall–Kier alpha value is -3.00. The zero-order valence-electron chi connectivity index (χ0n) is 14.2. The van der Waals surface area contributed by atoms with Crippen molar-refractivity contribution < 1.29 is 4.74 Å². The first-order valence-electron chi connectivity index (χ1n) is 8.02. The molecule has 0 saturated carbocycles. The van der Waals surface area contributed by atoms with Gasteiger partial charge in [-0.2, -0.15) is 4.68 Å². The van der Waals surface area contributed by atoms with Gasteiger partial charge in [-0.3, -0.25) is 9.20 Å². The van der Waals surface area contributed by atoms with Crippen molar-refractivity contribution in [2.24, 2.45) is 0 Å². The molecule has 4 aromatic rings. The van der Waals surface area contributed by atoms with Gasteiger partial charge in [-0.25, -0.2) is 4.98 Å². The van der Waals surface area contributed by atoms with Crippen LogP contribution < -0.4 is 5.56 Å². The summed E-state index contributed by atoms with van der Waals surface area (Å²) in [6, 6.07) is 7.81. The van der Waals surface area contributed by atoms with E-state index in [0.29, 0.717) is 17.9 Å². The predicted octanol–water partition coefficient (Wildman–Crippen LogP) is 1.96. The number of ether oxygens (including phenoxy) is 1. The number of rotatable bonds is 4. The fraction of sp³-hybridized carbons (Fsp3) is 0.294. The van der Waals surface area contributed by atoms with Crippen LogP contribution >= 0.6 is 0 Å². The van der Waals surface area contributed by atoms with Crippen molar-refractivity contribution in [2.45, 2.75) is 26.5 Å². The third kappa shape index (κ3) is 2.25. The minimum atomic E-state index is -0.111. The average molecular weight is 338 g/mol. The van der Waals surface area contributed by atoms with E-state index in [0.717, 1.165) is 16.7 Å². The quantitative estimate of drug-likeness (QED) is 0.568. The van der Waals surface area contributed by atoms with Crippen LogP contribution in [0.2, 0.25) is 0 Å². The van der Waals surface area contributed by atoms with E-state index >= 15 is 0 Å². The Morgan fingerprint density at radius 3 is 2.68 bits per heavy atom. The van der Waals surface area contributed by atoms with Gasteiger partial charge in [0.1, 0.15) is 6.33 Å². The number of para-hydroxylation sites is 2. The van der Waals surface area contributed by atoms with Crippen LogP contribution in [0.25, 0.3) is 22.4 Å². The molecule has 0 fully saturated rings. The number of benzene rings is 1. The maximum absolute atomic E-state index is 13.2. The monoisotopic (exact) mass is 338 g/mol. The zero-order chi connectivity index (χ0) is 17.6. The predicted molar refractivity (Wildman–Crippen MR) is 93.0 cm³/mol. The van der Waals surface area contributed by atoms with Gasteiger partial charge in [-0.05, 0) is 26.0 Å². The lowest BCUT2D eigenvalue weighted by molar-refractivity contribution is 0.179. The standard InChI is InChI=1S/C17H18N6O2/c1-11(2)22-14-7-5-4-6-13(14)21-10-18-16(15(21)17(22)24)23-12(9-25-3)8-19-20-23/h4-8,10-11H,9H2,1-3H3. The highest BCUT2D eigenvalue weighted by molar-refractivity contribution is 5.81.